The van der Waals surface area contributed by atoms with Gasteiger partial charge < -0.3 is 10.0 Å². The van der Waals surface area contributed by atoms with E-state index in [0.29, 0.717) is 5.13 Å². The fourth-order valence-electron chi connectivity index (χ4n) is 6.59. The van der Waals surface area contributed by atoms with Gasteiger partial charge in [0, 0.05) is 42.2 Å². The zero-order valence-corrected chi connectivity index (χ0v) is 20.8. The molecule has 8 nitrogen and oxygen atoms in total. The SMILES string of the molecule is C[C@H](C(=O)N1CCCC1)[C@@H]1CC[C@]2(C)Cc3sc(NC(=O)c4cnccn4)nc3[C@@H](C)[C@@H]2[C@H]1O. The van der Waals surface area contributed by atoms with Crippen molar-refractivity contribution in [1.29, 1.82) is 0 Å². The maximum Gasteiger partial charge on any atom is 0.277 e. The van der Waals surface area contributed by atoms with E-state index in [9.17, 15) is 14.7 Å². The van der Waals surface area contributed by atoms with Crippen molar-refractivity contribution in [2.24, 2.45) is 23.2 Å². The van der Waals surface area contributed by atoms with Gasteiger partial charge in [0.2, 0.25) is 5.91 Å². The molecule has 2 aliphatic carbocycles. The van der Waals surface area contributed by atoms with Crippen molar-refractivity contribution in [3.8, 4) is 0 Å². The standard InChI is InChI=1S/C25H33N5O3S/c1-14(23(33)30-10-4-5-11-30)16-6-7-25(3)12-18-20(15(2)19(25)21(16)31)28-24(34-18)29-22(32)17-13-26-8-9-27-17/h8-9,13-16,19,21,31H,4-7,10-12H2,1-3H3,(H,28,29,32)/t14-,15-,16-,19+,21-,25+/m0/s1. The Labute approximate surface area is 204 Å². The Kier molecular flexibility index (Phi) is 6.18. The molecule has 2 aromatic heterocycles. The van der Waals surface area contributed by atoms with E-state index in [0.717, 1.165) is 50.9 Å². The largest absolute Gasteiger partial charge is 0.392 e. The lowest BCUT2D eigenvalue weighted by Crippen LogP contribution is -2.53. The van der Waals surface area contributed by atoms with Crippen LogP contribution in [0.3, 0.4) is 0 Å². The predicted octanol–water partition coefficient (Wildman–Crippen LogP) is 3.50. The number of nitrogens with one attached hydrogen (secondary N) is 1. The van der Waals surface area contributed by atoms with E-state index in [4.69, 9.17) is 4.98 Å². The van der Waals surface area contributed by atoms with Gasteiger partial charge in [0.25, 0.3) is 5.91 Å². The Hall–Kier alpha value is -2.39. The topological polar surface area (TPSA) is 108 Å². The van der Waals surface area contributed by atoms with Crippen molar-refractivity contribution in [3.63, 3.8) is 0 Å². The maximum atomic E-state index is 13.1. The van der Waals surface area contributed by atoms with E-state index in [-0.39, 0.29) is 46.6 Å². The van der Waals surface area contributed by atoms with Crippen molar-refractivity contribution < 1.29 is 14.7 Å². The van der Waals surface area contributed by atoms with Crippen LogP contribution in [0.1, 0.15) is 73.4 Å². The minimum absolute atomic E-state index is 0.0261. The number of nitrogens with zero attached hydrogens (tertiary/aromatic N) is 4. The van der Waals surface area contributed by atoms with Crippen LogP contribution in [0.25, 0.3) is 0 Å². The molecule has 5 rings (SSSR count). The Morgan fingerprint density at radius 1 is 1.29 bits per heavy atom. The first-order valence-corrected chi connectivity index (χ1v) is 13.1. The summed E-state index contributed by atoms with van der Waals surface area (Å²) >= 11 is 1.51. The molecule has 0 aromatic carbocycles. The van der Waals surface area contributed by atoms with E-state index in [1.807, 2.05) is 11.8 Å². The lowest BCUT2D eigenvalue weighted by molar-refractivity contribution is -0.143. The van der Waals surface area contributed by atoms with Crippen LogP contribution in [0.2, 0.25) is 0 Å². The maximum absolute atomic E-state index is 13.1. The molecule has 0 spiro atoms. The molecule has 3 aliphatic rings. The molecule has 1 saturated heterocycles. The number of rotatable bonds is 4. The zero-order chi connectivity index (χ0) is 24.0. The fourth-order valence-corrected chi connectivity index (χ4v) is 7.85. The monoisotopic (exact) mass is 483 g/mol. The minimum atomic E-state index is -0.553. The molecule has 1 saturated carbocycles. The van der Waals surface area contributed by atoms with Gasteiger partial charge in [0.1, 0.15) is 5.69 Å². The van der Waals surface area contributed by atoms with Crippen molar-refractivity contribution in [2.45, 2.75) is 64.9 Å². The summed E-state index contributed by atoms with van der Waals surface area (Å²) in [6.45, 7) is 8.08. The molecule has 2 fully saturated rings. The quantitative estimate of drug-likeness (QED) is 0.689. The average Bonchev–Trinajstić information content (AvgIpc) is 3.49. The molecule has 9 heteroatoms. The second-order valence-electron chi connectivity index (χ2n) is 10.5. The molecule has 182 valence electrons. The third-order valence-corrected chi connectivity index (χ3v) is 9.37. The Morgan fingerprint density at radius 3 is 2.76 bits per heavy atom. The number of thiazole rings is 1. The highest BCUT2D eigenvalue weighted by Gasteiger charge is 2.54. The predicted molar refractivity (Wildman–Crippen MR) is 130 cm³/mol. The summed E-state index contributed by atoms with van der Waals surface area (Å²) in [5, 5.41) is 15.0. The van der Waals surface area contributed by atoms with Crippen molar-refractivity contribution in [2.75, 3.05) is 18.4 Å². The highest BCUT2D eigenvalue weighted by atomic mass is 32.1. The zero-order valence-electron chi connectivity index (χ0n) is 20.0. The molecule has 3 heterocycles. The third kappa shape index (κ3) is 4.02. The number of amides is 2. The van der Waals surface area contributed by atoms with Crippen molar-refractivity contribution in [1.82, 2.24) is 19.9 Å². The number of hydrogen-bond donors (Lipinski definition) is 2. The first-order valence-electron chi connectivity index (χ1n) is 12.3. The molecule has 0 unspecified atom stereocenters. The Bertz CT molecular complexity index is 1070. The molecule has 34 heavy (non-hydrogen) atoms. The van der Waals surface area contributed by atoms with Crippen LogP contribution in [0.4, 0.5) is 5.13 Å². The summed E-state index contributed by atoms with van der Waals surface area (Å²) in [6, 6.07) is 0. The molecule has 6 atom stereocenters. The van der Waals surface area contributed by atoms with Gasteiger partial charge in [-0.05, 0) is 49.4 Å². The summed E-state index contributed by atoms with van der Waals surface area (Å²) in [5.74, 6) is -0.285. The van der Waals surface area contributed by atoms with E-state index in [2.05, 4.69) is 29.1 Å². The van der Waals surface area contributed by atoms with E-state index in [1.165, 1.54) is 34.8 Å². The van der Waals surface area contributed by atoms with Gasteiger partial charge >= 0.3 is 0 Å². The average molecular weight is 484 g/mol. The second-order valence-corrected chi connectivity index (χ2v) is 11.6. The van der Waals surface area contributed by atoms with Crippen LogP contribution in [0.5, 0.6) is 0 Å². The van der Waals surface area contributed by atoms with Crippen LogP contribution in [-0.2, 0) is 11.2 Å². The lowest BCUT2D eigenvalue weighted by Gasteiger charge is -2.53. The Morgan fingerprint density at radius 2 is 2.06 bits per heavy atom. The number of aromatic nitrogens is 3. The number of anilines is 1. The molecule has 0 radical (unpaired) electrons. The number of likely N-dealkylation sites (tertiary alicyclic amines) is 1. The van der Waals surface area contributed by atoms with E-state index in [1.54, 1.807) is 0 Å². The molecular weight excluding hydrogens is 450 g/mol. The highest BCUT2D eigenvalue weighted by molar-refractivity contribution is 7.15. The number of fused-ring (bicyclic) bond motifs is 2. The molecule has 0 bridgehead atoms. The van der Waals surface area contributed by atoms with Gasteiger partial charge in [0.05, 0.1) is 18.0 Å². The lowest BCUT2D eigenvalue weighted by atomic mass is 9.53. The molecular formula is C25H33N5O3S. The molecule has 2 aromatic rings. The first kappa shape index (κ1) is 23.4. The minimum Gasteiger partial charge on any atom is -0.392 e. The van der Waals surface area contributed by atoms with E-state index >= 15 is 0 Å². The summed E-state index contributed by atoms with van der Waals surface area (Å²) in [5.41, 5.74) is 1.15. The van der Waals surface area contributed by atoms with E-state index < -0.39 is 6.10 Å². The fraction of sp³-hybridized carbons (Fsp3) is 0.640. The number of hydrogen-bond acceptors (Lipinski definition) is 7. The molecule has 2 amide bonds. The van der Waals surface area contributed by atoms with Crippen LogP contribution in [0.15, 0.2) is 18.6 Å². The van der Waals surface area contributed by atoms with Crippen LogP contribution < -0.4 is 5.32 Å². The smallest absolute Gasteiger partial charge is 0.277 e. The number of aliphatic hydroxyl groups excluding tert-OH is 1. The molecule has 2 N–H and O–H groups in total. The summed E-state index contributed by atoms with van der Waals surface area (Å²) in [6.07, 6.45) is 8.70. The van der Waals surface area contributed by atoms with Gasteiger partial charge in [-0.1, -0.05) is 20.8 Å². The molecule has 1 aliphatic heterocycles. The second kappa shape index (κ2) is 9.00. The highest BCUT2D eigenvalue weighted by Crippen LogP contribution is 2.57. The first-order chi connectivity index (χ1) is 16.3. The van der Waals surface area contributed by atoms with Gasteiger partial charge in [0.15, 0.2) is 5.13 Å². The van der Waals surface area contributed by atoms with Crippen LogP contribution in [0, 0.1) is 23.2 Å². The van der Waals surface area contributed by atoms with Crippen molar-refractivity contribution in [3.05, 3.63) is 34.9 Å². The van der Waals surface area contributed by atoms with Crippen molar-refractivity contribution >= 4 is 28.3 Å². The Balaban J connectivity index is 1.35. The van der Waals surface area contributed by atoms with Gasteiger partial charge in [-0.3, -0.25) is 19.9 Å². The van der Waals surface area contributed by atoms with Gasteiger partial charge in [-0.2, -0.15) is 0 Å². The third-order valence-electron chi connectivity index (χ3n) is 8.39. The number of carbonyl (C=O) groups is 2. The van der Waals surface area contributed by atoms with Gasteiger partial charge in [-0.25, -0.2) is 9.97 Å². The van der Waals surface area contributed by atoms with Crippen LogP contribution >= 0.6 is 11.3 Å². The number of aliphatic hydroxyl groups is 1. The summed E-state index contributed by atoms with van der Waals surface area (Å²) < 4.78 is 0. The normalized spacial score (nSPS) is 31.5. The summed E-state index contributed by atoms with van der Waals surface area (Å²) in [4.78, 5) is 41.6. The van der Waals surface area contributed by atoms with Gasteiger partial charge in [-0.15, -0.1) is 11.3 Å². The van der Waals surface area contributed by atoms with Crippen LogP contribution in [-0.4, -0.2) is 56.0 Å². The summed E-state index contributed by atoms with van der Waals surface area (Å²) in [7, 11) is 0. The number of carbonyl (C=O) groups excluding carboxylic acids is 2.